The largest absolute Gasteiger partial charge is 0.497 e. The van der Waals surface area contributed by atoms with E-state index in [-0.39, 0.29) is 17.4 Å². The topological polar surface area (TPSA) is 144 Å². The number of hydrogen-bond acceptors (Lipinski definition) is 8. The van der Waals surface area contributed by atoms with Crippen LogP contribution in [0, 0.1) is 0 Å². The summed E-state index contributed by atoms with van der Waals surface area (Å²) in [5.41, 5.74) is 3.24. The summed E-state index contributed by atoms with van der Waals surface area (Å²) >= 11 is 1.20. The summed E-state index contributed by atoms with van der Waals surface area (Å²) in [6.07, 6.45) is 0.507. The number of nitrogens with two attached hydrogens (primary N) is 1. The predicted molar refractivity (Wildman–Crippen MR) is 150 cm³/mol. The number of rotatable bonds is 7. The summed E-state index contributed by atoms with van der Waals surface area (Å²) in [6, 6.07) is 22.8. The van der Waals surface area contributed by atoms with Crippen LogP contribution in [0.3, 0.4) is 0 Å². The van der Waals surface area contributed by atoms with Crippen molar-refractivity contribution in [3.8, 4) is 5.75 Å². The van der Waals surface area contributed by atoms with Crippen LogP contribution in [0.1, 0.15) is 30.0 Å². The van der Waals surface area contributed by atoms with E-state index in [4.69, 9.17) is 15.0 Å². The molecule has 3 aromatic carbocycles. The number of anilines is 1. The first kappa shape index (κ1) is 26.6. The molecule has 10 nitrogen and oxygen atoms in total. The Kier molecular flexibility index (Phi) is 7.51. The smallest absolute Gasteiger partial charge is 0.262 e. The lowest BCUT2D eigenvalue weighted by molar-refractivity contribution is -0.121. The number of nitrogens with zero attached hydrogens (tertiary/aromatic N) is 3. The van der Waals surface area contributed by atoms with E-state index in [1.54, 1.807) is 12.1 Å². The number of thioether (sulfide) groups is 1. The molecule has 2 unspecified atom stereocenters. The van der Waals surface area contributed by atoms with E-state index in [9.17, 15) is 18.0 Å². The second-order valence-electron chi connectivity index (χ2n) is 8.91. The Morgan fingerprint density at radius 1 is 1.08 bits per heavy atom. The second kappa shape index (κ2) is 11.0. The van der Waals surface area contributed by atoms with Gasteiger partial charge in [-0.15, -0.1) is 0 Å². The van der Waals surface area contributed by atoms with Gasteiger partial charge < -0.3 is 10.1 Å². The molecule has 0 aromatic heterocycles. The lowest BCUT2D eigenvalue weighted by Crippen LogP contribution is -2.25. The normalized spacial score (nSPS) is 19.0. The summed E-state index contributed by atoms with van der Waals surface area (Å²) in [5.74, 6) is -0.0746. The van der Waals surface area contributed by atoms with Gasteiger partial charge in [-0.3, -0.25) is 9.59 Å². The van der Waals surface area contributed by atoms with Crippen molar-refractivity contribution in [2.75, 3.05) is 12.4 Å². The van der Waals surface area contributed by atoms with E-state index in [2.05, 4.69) is 10.3 Å². The van der Waals surface area contributed by atoms with E-state index in [1.165, 1.54) is 36.0 Å². The summed E-state index contributed by atoms with van der Waals surface area (Å²) < 4.78 is 28.2. The Morgan fingerprint density at radius 3 is 2.41 bits per heavy atom. The highest BCUT2D eigenvalue weighted by Gasteiger charge is 2.39. The van der Waals surface area contributed by atoms with Crippen LogP contribution in [0.25, 0.3) is 0 Å². The lowest BCUT2D eigenvalue weighted by Gasteiger charge is -2.23. The molecule has 3 N–H and O–H groups in total. The van der Waals surface area contributed by atoms with Crippen LogP contribution in [0.4, 0.5) is 5.69 Å². The third-order valence-corrected chi connectivity index (χ3v) is 8.35. The Labute approximate surface area is 230 Å². The molecular weight excluding hydrogens is 538 g/mol. The van der Waals surface area contributed by atoms with Crippen molar-refractivity contribution in [3.63, 3.8) is 0 Å². The standard InChI is InChI=1S/C27H25N5O5S2/c1-37-20-11-7-18(8-12-20)23-15-22(17-5-3-2-4-6-17)31-32(23)27-30-26(34)24(38-27)16-25(33)29-19-9-13-21(14-10-19)39(28,35)36/h2-14,23-24H,15-16H2,1H3,(H,29,33)(H2,28,35,36). The van der Waals surface area contributed by atoms with Gasteiger partial charge in [0, 0.05) is 18.5 Å². The van der Waals surface area contributed by atoms with Crippen LogP contribution in [0.5, 0.6) is 5.75 Å². The molecule has 0 radical (unpaired) electrons. The first-order valence-corrected chi connectivity index (χ1v) is 14.4. The molecule has 200 valence electrons. The molecular formula is C27H25N5O5S2. The highest BCUT2D eigenvalue weighted by atomic mass is 32.2. The maximum Gasteiger partial charge on any atom is 0.262 e. The van der Waals surface area contributed by atoms with Crippen molar-refractivity contribution < 1.29 is 22.7 Å². The van der Waals surface area contributed by atoms with Crippen molar-refractivity contribution in [3.05, 3.63) is 90.0 Å². The molecule has 5 rings (SSSR count). The quantitative estimate of drug-likeness (QED) is 0.448. The zero-order valence-electron chi connectivity index (χ0n) is 20.9. The minimum absolute atomic E-state index is 0.0625. The monoisotopic (exact) mass is 563 g/mol. The fourth-order valence-corrected chi connectivity index (χ4v) is 5.87. The Hall–Kier alpha value is -4.00. The number of nitrogens with one attached hydrogen (secondary N) is 1. The average Bonchev–Trinajstić information content (AvgIpc) is 3.53. The molecule has 2 aliphatic heterocycles. The maximum absolute atomic E-state index is 12.8. The summed E-state index contributed by atoms with van der Waals surface area (Å²) in [4.78, 5) is 29.7. The Bertz CT molecular complexity index is 1560. The van der Waals surface area contributed by atoms with Gasteiger partial charge in [-0.25, -0.2) is 18.6 Å². The first-order valence-electron chi connectivity index (χ1n) is 12.0. The number of hydrazone groups is 1. The number of benzene rings is 3. The molecule has 0 spiro atoms. The number of carbonyl (C=O) groups is 2. The highest BCUT2D eigenvalue weighted by molar-refractivity contribution is 8.15. The fraction of sp³-hybridized carbons (Fsp3) is 0.185. The average molecular weight is 564 g/mol. The van der Waals surface area contributed by atoms with Gasteiger partial charge >= 0.3 is 0 Å². The van der Waals surface area contributed by atoms with Crippen LogP contribution in [-0.4, -0.2) is 48.5 Å². The molecule has 0 aliphatic carbocycles. The van der Waals surface area contributed by atoms with Crippen molar-refractivity contribution in [2.45, 2.75) is 29.0 Å². The molecule has 12 heteroatoms. The van der Waals surface area contributed by atoms with Gasteiger partial charge in [0.2, 0.25) is 15.9 Å². The van der Waals surface area contributed by atoms with Crippen LogP contribution in [0.15, 0.2) is 93.9 Å². The molecule has 39 heavy (non-hydrogen) atoms. The molecule has 2 atom stereocenters. The number of methoxy groups -OCH3 is 1. The van der Waals surface area contributed by atoms with E-state index in [1.807, 2.05) is 54.6 Å². The van der Waals surface area contributed by atoms with E-state index < -0.39 is 27.1 Å². The third kappa shape index (κ3) is 6.03. The van der Waals surface area contributed by atoms with E-state index >= 15 is 0 Å². The van der Waals surface area contributed by atoms with Gasteiger partial charge in [0.25, 0.3) is 5.91 Å². The van der Waals surface area contributed by atoms with Gasteiger partial charge in [0.1, 0.15) is 11.0 Å². The molecule has 2 aliphatic rings. The summed E-state index contributed by atoms with van der Waals surface area (Å²) in [6.45, 7) is 0. The number of ether oxygens (including phenoxy) is 1. The number of sulfonamides is 1. The van der Waals surface area contributed by atoms with Gasteiger partial charge in [-0.05, 0) is 47.5 Å². The molecule has 0 saturated heterocycles. The number of amidine groups is 1. The Morgan fingerprint density at radius 2 is 1.77 bits per heavy atom. The van der Waals surface area contributed by atoms with Crippen LogP contribution in [0.2, 0.25) is 0 Å². The number of amides is 2. The third-order valence-electron chi connectivity index (χ3n) is 6.28. The van der Waals surface area contributed by atoms with Gasteiger partial charge in [0.05, 0.1) is 23.8 Å². The zero-order chi connectivity index (χ0) is 27.6. The van der Waals surface area contributed by atoms with Crippen molar-refractivity contribution in [2.24, 2.45) is 15.2 Å². The highest BCUT2D eigenvalue weighted by Crippen LogP contribution is 2.39. The van der Waals surface area contributed by atoms with Crippen LogP contribution in [-0.2, 0) is 19.6 Å². The van der Waals surface area contributed by atoms with Crippen LogP contribution < -0.4 is 15.2 Å². The number of hydrogen-bond donors (Lipinski definition) is 2. The molecule has 2 heterocycles. The summed E-state index contributed by atoms with van der Waals surface area (Å²) in [7, 11) is -2.23. The SMILES string of the molecule is COc1ccc(C2CC(c3ccccc3)=NN2C2=NC(=O)C(CC(=O)Nc3ccc(S(N)(=O)=O)cc3)S2)cc1. The van der Waals surface area contributed by atoms with Crippen molar-refractivity contribution >= 4 is 50.2 Å². The van der Waals surface area contributed by atoms with Gasteiger partial charge in [-0.2, -0.15) is 10.1 Å². The Balaban J connectivity index is 1.31. The van der Waals surface area contributed by atoms with E-state index in [0.717, 1.165) is 22.6 Å². The second-order valence-corrected chi connectivity index (χ2v) is 11.6. The van der Waals surface area contributed by atoms with Gasteiger partial charge in [-0.1, -0.05) is 54.2 Å². The first-order chi connectivity index (χ1) is 18.7. The minimum atomic E-state index is -3.84. The lowest BCUT2D eigenvalue weighted by atomic mass is 9.98. The fourth-order valence-electron chi connectivity index (χ4n) is 4.29. The van der Waals surface area contributed by atoms with Crippen molar-refractivity contribution in [1.29, 1.82) is 0 Å². The van der Waals surface area contributed by atoms with Crippen LogP contribution >= 0.6 is 11.8 Å². The van der Waals surface area contributed by atoms with Crippen molar-refractivity contribution in [1.82, 2.24) is 5.01 Å². The molecule has 3 aromatic rings. The molecule has 0 fully saturated rings. The minimum Gasteiger partial charge on any atom is -0.497 e. The maximum atomic E-state index is 12.8. The number of carbonyl (C=O) groups excluding carboxylic acids is 2. The zero-order valence-corrected chi connectivity index (χ0v) is 22.5. The van der Waals surface area contributed by atoms with Gasteiger partial charge in [0.15, 0.2) is 5.17 Å². The number of aliphatic imine (C=N–C) groups is 1. The molecule has 0 saturated carbocycles. The molecule has 2 amide bonds. The number of primary sulfonamides is 1. The predicted octanol–water partition coefficient (Wildman–Crippen LogP) is 3.52. The molecule has 0 bridgehead atoms. The summed E-state index contributed by atoms with van der Waals surface area (Å²) in [5, 5.41) is 14.1. The van der Waals surface area contributed by atoms with E-state index in [0.29, 0.717) is 17.3 Å².